The van der Waals surface area contributed by atoms with Gasteiger partial charge in [0.15, 0.2) is 5.65 Å². The molecule has 2 aromatic heterocycles. The van der Waals surface area contributed by atoms with Crippen LogP contribution in [0.2, 0.25) is 0 Å². The number of pyridine rings is 2. The summed E-state index contributed by atoms with van der Waals surface area (Å²) in [5, 5.41) is 0.863. The second-order valence-corrected chi connectivity index (χ2v) is 2.63. The minimum atomic E-state index is -0.486. The number of hydrogen-bond donors (Lipinski definition) is 0. The Balaban J connectivity index is 2.80. The first-order chi connectivity index (χ1) is 5.75. The summed E-state index contributed by atoms with van der Waals surface area (Å²) in [4.78, 5) is 7.74. The molecule has 0 aliphatic rings. The summed E-state index contributed by atoms with van der Waals surface area (Å²) < 4.78 is 12.6. The van der Waals surface area contributed by atoms with E-state index in [2.05, 4.69) is 9.97 Å². The molecule has 0 aliphatic carbocycles. The quantitative estimate of drug-likeness (QED) is 0.554. The van der Waals surface area contributed by atoms with Crippen LogP contribution in [-0.2, 0) is 0 Å². The molecule has 0 saturated carbocycles. The number of nitrogens with zero attached hydrogens (tertiary/aromatic N) is 2. The molecule has 2 rings (SSSR count). The van der Waals surface area contributed by atoms with Gasteiger partial charge in [0.2, 0.25) is 5.95 Å². The van der Waals surface area contributed by atoms with Crippen LogP contribution < -0.4 is 0 Å². The van der Waals surface area contributed by atoms with Crippen molar-refractivity contribution in [2.24, 2.45) is 0 Å². The Morgan fingerprint density at radius 2 is 1.83 bits per heavy atom. The van der Waals surface area contributed by atoms with Gasteiger partial charge in [0.25, 0.3) is 0 Å². The summed E-state index contributed by atoms with van der Waals surface area (Å²) in [6, 6.07) is 6.76. The zero-order valence-electron chi connectivity index (χ0n) is 6.58. The van der Waals surface area contributed by atoms with Gasteiger partial charge in [-0.05, 0) is 31.2 Å². The molecule has 3 heteroatoms. The second-order valence-electron chi connectivity index (χ2n) is 2.63. The first-order valence-corrected chi connectivity index (χ1v) is 3.65. The van der Waals surface area contributed by atoms with Crippen LogP contribution in [0.15, 0.2) is 24.3 Å². The normalized spacial score (nSPS) is 10.5. The fourth-order valence-corrected chi connectivity index (χ4v) is 1.07. The average Bonchev–Trinajstić information content (AvgIpc) is 2.03. The van der Waals surface area contributed by atoms with E-state index in [0.717, 1.165) is 11.1 Å². The third-order valence-electron chi connectivity index (χ3n) is 1.66. The monoisotopic (exact) mass is 162 g/mol. The molecule has 0 spiro atoms. The van der Waals surface area contributed by atoms with Crippen molar-refractivity contribution in [3.05, 3.63) is 35.9 Å². The summed E-state index contributed by atoms with van der Waals surface area (Å²) >= 11 is 0. The molecular weight excluding hydrogens is 155 g/mol. The molecule has 2 aromatic rings. The summed E-state index contributed by atoms with van der Waals surface area (Å²) in [7, 11) is 0. The van der Waals surface area contributed by atoms with Gasteiger partial charge in [0, 0.05) is 11.1 Å². The topological polar surface area (TPSA) is 25.8 Å². The van der Waals surface area contributed by atoms with Crippen LogP contribution in [0.1, 0.15) is 5.69 Å². The Labute approximate surface area is 69.1 Å². The van der Waals surface area contributed by atoms with Crippen molar-refractivity contribution in [2.45, 2.75) is 6.92 Å². The van der Waals surface area contributed by atoms with Crippen LogP contribution in [0.4, 0.5) is 4.39 Å². The molecule has 60 valence electrons. The third kappa shape index (κ3) is 1.13. The Kier molecular flexibility index (Phi) is 1.50. The zero-order valence-corrected chi connectivity index (χ0v) is 6.58. The fraction of sp³-hybridized carbons (Fsp3) is 0.111. The van der Waals surface area contributed by atoms with E-state index in [0.29, 0.717) is 5.65 Å². The number of hydrogen-bond acceptors (Lipinski definition) is 2. The standard InChI is InChI=1S/C9H7FN2/c1-6-2-3-7-4-5-8(10)12-9(7)11-6/h2-5H,1H3. The minimum absolute atomic E-state index is 0.468. The maximum Gasteiger partial charge on any atom is 0.214 e. The van der Waals surface area contributed by atoms with Crippen LogP contribution in [0, 0.1) is 12.9 Å². The van der Waals surface area contributed by atoms with Crippen LogP contribution in [0.5, 0.6) is 0 Å². The number of halogens is 1. The molecule has 2 nitrogen and oxygen atoms in total. The van der Waals surface area contributed by atoms with E-state index in [9.17, 15) is 4.39 Å². The number of fused-ring (bicyclic) bond motifs is 1. The lowest BCUT2D eigenvalue weighted by Crippen LogP contribution is -1.88. The molecule has 0 aliphatic heterocycles. The van der Waals surface area contributed by atoms with Gasteiger partial charge in [-0.25, -0.2) is 4.98 Å². The molecule has 0 unspecified atom stereocenters. The Morgan fingerprint density at radius 1 is 1.08 bits per heavy atom. The van der Waals surface area contributed by atoms with E-state index >= 15 is 0 Å². The molecule has 0 saturated heterocycles. The van der Waals surface area contributed by atoms with E-state index in [1.165, 1.54) is 6.07 Å². The Hall–Kier alpha value is -1.51. The average molecular weight is 162 g/mol. The molecule has 0 aromatic carbocycles. The van der Waals surface area contributed by atoms with Gasteiger partial charge in [-0.15, -0.1) is 0 Å². The lowest BCUT2D eigenvalue weighted by atomic mass is 10.2. The lowest BCUT2D eigenvalue weighted by Gasteiger charge is -1.96. The lowest BCUT2D eigenvalue weighted by molar-refractivity contribution is 0.588. The fourth-order valence-electron chi connectivity index (χ4n) is 1.07. The smallest absolute Gasteiger partial charge is 0.214 e. The van der Waals surface area contributed by atoms with Crippen molar-refractivity contribution in [2.75, 3.05) is 0 Å². The van der Waals surface area contributed by atoms with Crippen LogP contribution in [-0.4, -0.2) is 9.97 Å². The first kappa shape index (κ1) is 7.16. The summed E-state index contributed by atoms with van der Waals surface area (Å²) in [5.74, 6) is -0.486. The maximum absolute atomic E-state index is 12.6. The molecular formula is C9H7FN2. The summed E-state index contributed by atoms with van der Waals surface area (Å²) in [5.41, 5.74) is 1.32. The number of aryl methyl sites for hydroxylation is 1. The van der Waals surface area contributed by atoms with Gasteiger partial charge in [0.1, 0.15) is 0 Å². The van der Waals surface area contributed by atoms with Gasteiger partial charge in [0.05, 0.1) is 0 Å². The number of rotatable bonds is 0. The van der Waals surface area contributed by atoms with Crippen LogP contribution >= 0.6 is 0 Å². The highest BCUT2D eigenvalue weighted by Crippen LogP contribution is 2.09. The predicted octanol–water partition coefficient (Wildman–Crippen LogP) is 2.08. The van der Waals surface area contributed by atoms with Crippen molar-refractivity contribution < 1.29 is 4.39 Å². The van der Waals surface area contributed by atoms with Gasteiger partial charge < -0.3 is 0 Å². The van der Waals surface area contributed by atoms with Crippen molar-refractivity contribution in [3.8, 4) is 0 Å². The van der Waals surface area contributed by atoms with Crippen molar-refractivity contribution in [1.29, 1.82) is 0 Å². The molecule has 12 heavy (non-hydrogen) atoms. The molecule has 0 amide bonds. The molecule has 0 atom stereocenters. The number of aromatic nitrogens is 2. The van der Waals surface area contributed by atoms with Gasteiger partial charge in [-0.3, -0.25) is 0 Å². The maximum atomic E-state index is 12.6. The molecule has 0 fully saturated rings. The van der Waals surface area contributed by atoms with Gasteiger partial charge in [-0.2, -0.15) is 9.37 Å². The largest absolute Gasteiger partial charge is 0.233 e. The van der Waals surface area contributed by atoms with Gasteiger partial charge >= 0.3 is 0 Å². The molecule has 0 N–H and O–H groups in total. The van der Waals surface area contributed by atoms with E-state index in [-0.39, 0.29) is 0 Å². The Bertz CT molecular complexity index is 389. The first-order valence-electron chi connectivity index (χ1n) is 3.65. The SMILES string of the molecule is Cc1ccc2ccc(F)nc2n1. The predicted molar refractivity (Wildman–Crippen MR) is 44.2 cm³/mol. The zero-order chi connectivity index (χ0) is 8.55. The Morgan fingerprint density at radius 3 is 2.67 bits per heavy atom. The van der Waals surface area contributed by atoms with Crippen LogP contribution in [0.3, 0.4) is 0 Å². The minimum Gasteiger partial charge on any atom is -0.233 e. The highest BCUT2D eigenvalue weighted by molar-refractivity contribution is 5.74. The second kappa shape index (κ2) is 2.52. The molecule has 2 heterocycles. The van der Waals surface area contributed by atoms with E-state index in [1.807, 2.05) is 19.1 Å². The third-order valence-corrected chi connectivity index (χ3v) is 1.66. The van der Waals surface area contributed by atoms with Crippen molar-refractivity contribution in [3.63, 3.8) is 0 Å². The highest BCUT2D eigenvalue weighted by atomic mass is 19.1. The van der Waals surface area contributed by atoms with Gasteiger partial charge in [-0.1, -0.05) is 0 Å². The van der Waals surface area contributed by atoms with E-state index in [1.54, 1.807) is 6.07 Å². The highest BCUT2D eigenvalue weighted by Gasteiger charge is 1.97. The van der Waals surface area contributed by atoms with Crippen molar-refractivity contribution >= 4 is 11.0 Å². The van der Waals surface area contributed by atoms with Crippen molar-refractivity contribution in [1.82, 2.24) is 9.97 Å². The van der Waals surface area contributed by atoms with Crippen LogP contribution in [0.25, 0.3) is 11.0 Å². The molecule has 0 bridgehead atoms. The summed E-state index contributed by atoms with van der Waals surface area (Å²) in [6.07, 6.45) is 0. The van der Waals surface area contributed by atoms with E-state index in [4.69, 9.17) is 0 Å². The molecule has 0 radical (unpaired) electrons. The van der Waals surface area contributed by atoms with E-state index < -0.39 is 5.95 Å². The summed E-state index contributed by atoms with van der Waals surface area (Å²) in [6.45, 7) is 1.85.